The average molecular weight is 411 g/mol. The van der Waals surface area contributed by atoms with Crippen LogP contribution in [-0.2, 0) is 4.74 Å². The predicted molar refractivity (Wildman–Crippen MR) is 112 cm³/mol. The van der Waals surface area contributed by atoms with Crippen molar-refractivity contribution in [3.63, 3.8) is 0 Å². The second-order valence-corrected chi connectivity index (χ2v) is 6.65. The first-order chi connectivity index (χ1) is 13.1. The van der Waals surface area contributed by atoms with Crippen LogP contribution < -0.4 is 19.7 Å². The van der Waals surface area contributed by atoms with Crippen molar-refractivity contribution in [3.8, 4) is 11.5 Å². The van der Waals surface area contributed by atoms with Crippen LogP contribution in [0.25, 0.3) is 0 Å². The smallest absolute Gasteiger partial charge is 0.167 e. The van der Waals surface area contributed by atoms with Gasteiger partial charge >= 0.3 is 0 Å². The molecule has 1 N–H and O–H groups in total. The zero-order valence-electron chi connectivity index (χ0n) is 16.5. The van der Waals surface area contributed by atoms with Gasteiger partial charge in [-0.05, 0) is 36.8 Å². The van der Waals surface area contributed by atoms with Crippen LogP contribution >= 0.6 is 12.4 Å². The van der Waals surface area contributed by atoms with E-state index in [1.807, 2.05) is 24.3 Å². The maximum absolute atomic E-state index is 14.1. The van der Waals surface area contributed by atoms with Crippen molar-refractivity contribution in [1.29, 1.82) is 0 Å². The third kappa shape index (κ3) is 5.28. The molecule has 5 nitrogen and oxygen atoms in total. The largest absolute Gasteiger partial charge is 0.497 e. The number of methoxy groups -OCH3 is 2. The van der Waals surface area contributed by atoms with Gasteiger partial charge in [0.05, 0.1) is 33.5 Å². The maximum atomic E-state index is 14.1. The van der Waals surface area contributed by atoms with E-state index in [-0.39, 0.29) is 36.1 Å². The number of hydrogen-bond donors (Lipinski definition) is 1. The zero-order valence-corrected chi connectivity index (χ0v) is 17.3. The van der Waals surface area contributed by atoms with Crippen LogP contribution in [0.2, 0.25) is 0 Å². The molecular formula is C21H28ClFN2O3. The van der Waals surface area contributed by atoms with E-state index in [2.05, 4.69) is 23.2 Å². The number of anilines is 1. The first-order valence-electron chi connectivity index (χ1n) is 9.17. The van der Waals surface area contributed by atoms with E-state index in [4.69, 9.17) is 14.2 Å². The number of benzene rings is 2. The van der Waals surface area contributed by atoms with Gasteiger partial charge in [0.2, 0.25) is 0 Å². The summed E-state index contributed by atoms with van der Waals surface area (Å²) in [5, 5.41) is 3.56. The van der Waals surface area contributed by atoms with Gasteiger partial charge in [-0.2, -0.15) is 0 Å². The Morgan fingerprint density at radius 1 is 1.21 bits per heavy atom. The highest BCUT2D eigenvalue weighted by molar-refractivity contribution is 5.85. The summed E-state index contributed by atoms with van der Waals surface area (Å²) in [7, 11) is 3.14. The molecule has 0 saturated carbocycles. The molecule has 0 spiro atoms. The molecule has 1 aliphatic heterocycles. The van der Waals surface area contributed by atoms with Gasteiger partial charge in [0.1, 0.15) is 5.75 Å². The predicted octanol–water partition coefficient (Wildman–Crippen LogP) is 3.82. The van der Waals surface area contributed by atoms with Crippen LogP contribution in [0.5, 0.6) is 11.5 Å². The van der Waals surface area contributed by atoms with Gasteiger partial charge in [-0.3, -0.25) is 0 Å². The molecule has 154 valence electrons. The minimum absolute atomic E-state index is 0. The molecule has 0 aliphatic carbocycles. The van der Waals surface area contributed by atoms with Crippen LogP contribution in [0.15, 0.2) is 42.5 Å². The van der Waals surface area contributed by atoms with Crippen molar-refractivity contribution in [3.05, 3.63) is 53.8 Å². The average Bonchev–Trinajstić information content (AvgIpc) is 2.72. The van der Waals surface area contributed by atoms with E-state index in [0.717, 1.165) is 30.1 Å². The summed E-state index contributed by atoms with van der Waals surface area (Å²) in [6.07, 6.45) is 0. The van der Waals surface area contributed by atoms with Crippen molar-refractivity contribution in [1.82, 2.24) is 5.32 Å². The lowest BCUT2D eigenvalue weighted by Crippen LogP contribution is -2.51. The van der Waals surface area contributed by atoms with Crippen LogP contribution in [0.1, 0.15) is 18.5 Å². The molecule has 7 heteroatoms. The Balaban J connectivity index is 0.00000280. The Bertz CT molecular complexity index is 762. The molecule has 2 unspecified atom stereocenters. The highest BCUT2D eigenvalue weighted by atomic mass is 35.5. The van der Waals surface area contributed by atoms with Crippen molar-refractivity contribution in [2.45, 2.75) is 19.0 Å². The van der Waals surface area contributed by atoms with Gasteiger partial charge in [0, 0.05) is 30.9 Å². The Morgan fingerprint density at radius 2 is 2.04 bits per heavy atom. The van der Waals surface area contributed by atoms with E-state index < -0.39 is 0 Å². The molecule has 2 aromatic rings. The number of ether oxygens (including phenoxy) is 3. The molecule has 2 atom stereocenters. The van der Waals surface area contributed by atoms with E-state index in [0.29, 0.717) is 13.2 Å². The van der Waals surface area contributed by atoms with Gasteiger partial charge in [-0.15, -0.1) is 12.4 Å². The Kier molecular flexibility index (Phi) is 8.35. The molecule has 1 heterocycles. The van der Waals surface area contributed by atoms with Crippen LogP contribution in [0, 0.1) is 5.82 Å². The van der Waals surface area contributed by atoms with Gasteiger partial charge in [0.15, 0.2) is 11.6 Å². The van der Waals surface area contributed by atoms with Gasteiger partial charge in [-0.25, -0.2) is 4.39 Å². The van der Waals surface area contributed by atoms with Gasteiger partial charge < -0.3 is 24.4 Å². The van der Waals surface area contributed by atoms with Crippen LogP contribution in [0.3, 0.4) is 0 Å². The first kappa shape index (κ1) is 22.3. The number of hydrogen-bond acceptors (Lipinski definition) is 5. The number of nitrogens with one attached hydrogen (secondary N) is 1. The molecule has 0 bridgehead atoms. The molecule has 2 aromatic carbocycles. The Morgan fingerprint density at radius 3 is 2.75 bits per heavy atom. The lowest BCUT2D eigenvalue weighted by atomic mass is 10.1. The minimum atomic E-state index is -0.349. The summed E-state index contributed by atoms with van der Waals surface area (Å²) in [5.74, 6) is 0.753. The fourth-order valence-electron chi connectivity index (χ4n) is 3.34. The normalized spacial score (nSPS) is 17.6. The summed E-state index contributed by atoms with van der Waals surface area (Å²) in [4.78, 5) is 2.19. The number of morpholine rings is 1. The molecule has 28 heavy (non-hydrogen) atoms. The monoisotopic (exact) mass is 410 g/mol. The van der Waals surface area contributed by atoms with E-state index >= 15 is 0 Å². The molecular weight excluding hydrogens is 383 g/mol. The van der Waals surface area contributed by atoms with Crippen molar-refractivity contribution in [2.24, 2.45) is 0 Å². The Labute approximate surface area is 172 Å². The third-order valence-corrected chi connectivity index (χ3v) is 4.95. The van der Waals surface area contributed by atoms with E-state index in [1.165, 1.54) is 13.2 Å². The third-order valence-electron chi connectivity index (χ3n) is 4.95. The minimum Gasteiger partial charge on any atom is -0.497 e. The molecule has 1 aliphatic rings. The molecule has 0 amide bonds. The summed E-state index contributed by atoms with van der Waals surface area (Å²) in [6.45, 7) is 4.81. The highest BCUT2D eigenvalue weighted by Gasteiger charge is 2.24. The quantitative estimate of drug-likeness (QED) is 0.751. The number of halogens is 2. The lowest BCUT2D eigenvalue weighted by molar-refractivity contribution is 0.0930. The zero-order chi connectivity index (χ0) is 19.2. The number of nitrogens with zero attached hydrogens (tertiary/aromatic N) is 1. The van der Waals surface area contributed by atoms with Crippen molar-refractivity contribution in [2.75, 3.05) is 45.4 Å². The van der Waals surface area contributed by atoms with Crippen molar-refractivity contribution < 1.29 is 18.6 Å². The maximum Gasteiger partial charge on any atom is 0.167 e. The van der Waals surface area contributed by atoms with E-state index in [1.54, 1.807) is 13.2 Å². The number of rotatable bonds is 7. The molecule has 3 rings (SSSR count). The molecule has 0 aromatic heterocycles. The summed E-state index contributed by atoms with van der Waals surface area (Å²) in [6, 6.07) is 13.4. The van der Waals surface area contributed by atoms with Crippen molar-refractivity contribution >= 4 is 18.1 Å². The van der Waals surface area contributed by atoms with Crippen LogP contribution in [0.4, 0.5) is 10.1 Å². The fourth-order valence-corrected chi connectivity index (χ4v) is 3.34. The van der Waals surface area contributed by atoms with Crippen LogP contribution in [-0.4, -0.2) is 46.6 Å². The second kappa shape index (κ2) is 10.5. The second-order valence-electron chi connectivity index (χ2n) is 6.65. The highest BCUT2D eigenvalue weighted by Crippen LogP contribution is 2.26. The molecule has 1 fully saturated rings. The molecule has 0 radical (unpaired) electrons. The van der Waals surface area contributed by atoms with Gasteiger partial charge in [0.25, 0.3) is 0 Å². The fraction of sp³-hybridized carbons (Fsp3) is 0.429. The summed E-state index contributed by atoms with van der Waals surface area (Å²) in [5.41, 5.74) is 2.01. The summed E-state index contributed by atoms with van der Waals surface area (Å²) >= 11 is 0. The molecule has 1 saturated heterocycles. The topological polar surface area (TPSA) is 43.0 Å². The Hall–Kier alpha value is -2.02. The summed E-state index contributed by atoms with van der Waals surface area (Å²) < 4.78 is 30.1. The van der Waals surface area contributed by atoms with E-state index in [9.17, 15) is 4.39 Å². The first-order valence-corrected chi connectivity index (χ1v) is 9.17. The standard InChI is InChI=1S/C21H27FN2O3.ClH/c1-15(16-5-4-6-19(11-16)25-2)23-13-18-14-27-10-9-24(18)17-7-8-21(26-3)20(22)12-17;/h4-8,11-12,15,18,23H,9-10,13-14H2,1-3H3;1H. The SMILES string of the molecule is COc1cccc(C(C)NCC2COCCN2c2ccc(OC)c(F)c2)c1.Cl. The van der Waals surface area contributed by atoms with Gasteiger partial charge in [-0.1, -0.05) is 12.1 Å². The lowest BCUT2D eigenvalue weighted by Gasteiger charge is -2.38.